The van der Waals surface area contributed by atoms with E-state index in [9.17, 15) is 4.39 Å². The van der Waals surface area contributed by atoms with E-state index in [1.807, 2.05) is 19.2 Å². The third kappa shape index (κ3) is 5.70. The van der Waals surface area contributed by atoms with Crippen molar-refractivity contribution in [3.05, 3.63) is 51.2 Å². The zero-order valence-corrected chi connectivity index (χ0v) is 17.5. The van der Waals surface area contributed by atoms with Gasteiger partial charge in [0.25, 0.3) is 0 Å². The van der Waals surface area contributed by atoms with Crippen molar-refractivity contribution >= 4 is 41.3 Å². The van der Waals surface area contributed by atoms with E-state index < -0.39 is 0 Å². The van der Waals surface area contributed by atoms with Crippen molar-refractivity contribution in [3.63, 3.8) is 0 Å². The molecule has 2 rings (SSSR count). The lowest BCUT2D eigenvalue weighted by Crippen LogP contribution is -2.38. The van der Waals surface area contributed by atoms with E-state index in [-0.39, 0.29) is 35.8 Å². The van der Waals surface area contributed by atoms with Crippen LogP contribution in [0.4, 0.5) is 4.39 Å². The van der Waals surface area contributed by atoms with E-state index in [2.05, 4.69) is 27.5 Å². The van der Waals surface area contributed by atoms with Gasteiger partial charge in [-0.1, -0.05) is 19.1 Å². The van der Waals surface area contributed by atoms with E-state index in [1.54, 1.807) is 37.4 Å². The molecule has 1 aromatic heterocycles. The molecule has 1 atom stereocenters. The van der Waals surface area contributed by atoms with Gasteiger partial charge in [-0.25, -0.2) is 9.37 Å². The Morgan fingerprint density at radius 1 is 1.42 bits per heavy atom. The predicted octanol–water partition coefficient (Wildman–Crippen LogP) is 4.20. The summed E-state index contributed by atoms with van der Waals surface area (Å²) in [6.45, 7) is 6.48. The number of aliphatic imine (C=N–C) groups is 1. The van der Waals surface area contributed by atoms with Gasteiger partial charge in [0.15, 0.2) is 5.96 Å². The molecule has 7 heteroatoms. The summed E-state index contributed by atoms with van der Waals surface area (Å²) in [5.41, 5.74) is 1.54. The molecule has 0 radical (unpaired) electrons. The highest BCUT2D eigenvalue weighted by atomic mass is 127. The number of benzene rings is 1. The number of hydrogen-bond acceptors (Lipinski definition) is 3. The van der Waals surface area contributed by atoms with Gasteiger partial charge in [-0.05, 0) is 37.5 Å². The first-order valence-corrected chi connectivity index (χ1v) is 8.52. The van der Waals surface area contributed by atoms with Gasteiger partial charge in [-0.15, -0.1) is 35.3 Å². The Morgan fingerprint density at radius 3 is 2.75 bits per heavy atom. The minimum atomic E-state index is -0.186. The second-order valence-electron chi connectivity index (χ2n) is 5.37. The van der Waals surface area contributed by atoms with E-state index in [0.29, 0.717) is 18.1 Å². The largest absolute Gasteiger partial charge is 0.350 e. The molecule has 0 aliphatic carbocycles. The third-order valence-electron chi connectivity index (χ3n) is 3.63. The number of hydrogen-bond donors (Lipinski definition) is 2. The van der Waals surface area contributed by atoms with Crippen LogP contribution in [-0.2, 0) is 13.0 Å². The first-order chi connectivity index (χ1) is 11.0. The first kappa shape index (κ1) is 20.8. The third-order valence-corrected chi connectivity index (χ3v) is 4.77. The summed E-state index contributed by atoms with van der Waals surface area (Å²) in [4.78, 5) is 9.86. The normalized spacial score (nSPS) is 12.5. The van der Waals surface area contributed by atoms with E-state index in [1.165, 1.54) is 4.88 Å². The van der Waals surface area contributed by atoms with Crippen LogP contribution in [0.15, 0.2) is 29.4 Å². The van der Waals surface area contributed by atoms with Gasteiger partial charge in [0.1, 0.15) is 10.8 Å². The maximum Gasteiger partial charge on any atom is 0.191 e. The van der Waals surface area contributed by atoms with Crippen LogP contribution >= 0.6 is 35.3 Å². The number of thiazole rings is 1. The number of rotatable bonds is 5. The van der Waals surface area contributed by atoms with Crippen molar-refractivity contribution in [2.75, 3.05) is 7.05 Å². The van der Waals surface area contributed by atoms with Crippen LogP contribution in [0.5, 0.6) is 0 Å². The maximum absolute atomic E-state index is 13.7. The average Bonchev–Trinajstić information content (AvgIpc) is 3.01. The maximum atomic E-state index is 13.7. The Balaban J connectivity index is 0.00000288. The van der Waals surface area contributed by atoms with Crippen LogP contribution in [-0.4, -0.2) is 18.0 Å². The fourth-order valence-electron chi connectivity index (χ4n) is 2.11. The van der Waals surface area contributed by atoms with E-state index in [0.717, 1.165) is 17.0 Å². The molecule has 4 nitrogen and oxygen atoms in total. The topological polar surface area (TPSA) is 49.3 Å². The lowest BCUT2D eigenvalue weighted by Gasteiger charge is -2.18. The highest BCUT2D eigenvalue weighted by Crippen LogP contribution is 2.16. The zero-order valence-electron chi connectivity index (χ0n) is 14.4. The van der Waals surface area contributed by atoms with Crippen molar-refractivity contribution in [1.29, 1.82) is 0 Å². The predicted molar refractivity (Wildman–Crippen MR) is 110 cm³/mol. The Morgan fingerprint density at radius 2 is 2.17 bits per heavy atom. The van der Waals surface area contributed by atoms with Crippen molar-refractivity contribution < 1.29 is 4.39 Å². The molecule has 0 saturated heterocycles. The summed E-state index contributed by atoms with van der Waals surface area (Å²) >= 11 is 1.70. The van der Waals surface area contributed by atoms with Gasteiger partial charge < -0.3 is 10.6 Å². The van der Waals surface area contributed by atoms with Crippen LogP contribution < -0.4 is 10.6 Å². The lowest BCUT2D eigenvalue weighted by atomic mass is 10.1. The van der Waals surface area contributed by atoms with E-state index in [4.69, 9.17) is 0 Å². The van der Waals surface area contributed by atoms with Gasteiger partial charge in [0.2, 0.25) is 0 Å². The number of aryl methyl sites for hydroxylation is 2. The number of nitrogens with zero attached hydrogens (tertiary/aromatic N) is 2. The van der Waals surface area contributed by atoms with Crippen molar-refractivity contribution in [3.8, 4) is 0 Å². The molecule has 0 fully saturated rings. The quantitative estimate of drug-likeness (QED) is 0.398. The highest BCUT2D eigenvalue weighted by Gasteiger charge is 2.10. The number of nitrogens with one attached hydrogen (secondary N) is 2. The molecule has 1 aromatic carbocycles. The van der Waals surface area contributed by atoms with Gasteiger partial charge in [-0.3, -0.25) is 4.99 Å². The number of aromatic nitrogens is 1. The van der Waals surface area contributed by atoms with Gasteiger partial charge in [-0.2, -0.15) is 0 Å². The summed E-state index contributed by atoms with van der Waals surface area (Å²) in [6, 6.07) is 5.24. The zero-order chi connectivity index (χ0) is 16.8. The van der Waals surface area contributed by atoms with Crippen molar-refractivity contribution in [1.82, 2.24) is 15.6 Å². The molecule has 2 N–H and O–H groups in total. The standard InChI is InChI=1S/C17H23FN4S.HI/c1-5-14-9-20-16(23-14)10-21-17(19-4)22-12(3)13-7-6-11(2)15(18)8-13;/h6-9,12H,5,10H2,1-4H3,(H2,19,21,22);1H. The molecule has 24 heavy (non-hydrogen) atoms. The second-order valence-corrected chi connectivity index (χ2v) is 6.57. The highest BCUT2D eigenvalue weighted by molar-refractivity contribution is 14.0. The second kappa shape index (κ2) is 9.93. The molecule has 1 unspecified atom stereocenters. The summed E-state index contributed by atoms with van der Waals surface area (Å²) in [5, 5.41) is 7.54. The lowest BCUT2D eigenvalue weighted by molar-refractivity contribution is 0.607. The van der Waals surface area contributed by atoms with Crippen LogP contribution in [0.25, 0.3) is 0 Å². The van der Waals surface area contributed by atoms with Crippen LogP contribution in [0.1, 0.15) is 40.9 Å². The Kier molecular flexibility index (Phi) is 8.61. The number of guanidine groups is 1. The van der Waals surface area contributed by atoms with Gasteiger partial charge in [0, 0.05) is 18.1 Å². The first-order valence-electron chi connectivity index (χ1n) is 7.70. The minimum absolute atomic E-state index is 0. The molecule has 2 aromatic rings. The van der Waals surface area contributed by atoms with Gasteiger partial charge in [0.05, 0.1) is 12.6 Å². The number of halogens is 2. The summed E-state index contributed by atoms with van der Waals surface area (Å²) < 4.78 is 13.7. The molecule has 0 aliphatic heterocycles. The smallest absolute Gasteiger partial charge is 0.191 e. The molecular formula is C17H24FIN4S. The molecule has 1 heterocycles. The van der Waals surface area contributed by atoms with Crippen molar-refractivity contribution in [2.24, 2.45) is 4.99 Å². The molecule has 0 spiro atoms. The van der Waals surface area contributed by atoms with E-state index >= 15 is 0 Å². The Hall–Kier alpha value is -1.22. The molecule has 132 valence electrons. The molecule has 0 bridgehead atoms. The van der Waals surface area contributed by atoms with Crippen molar-refractivity contribution in [2.45, 2.75) is 39.8 Å². The monoisotopic (exact) mass is 462 g/mol. The summed E-state index contributed by atoms with van der Waals surface area (Å²) in [6.07, 6.45) is 2.91. The molecule has 0 saturated carbocycles. The summed E-state index contributed by atoms with van der Waals surface area (Å²) in [5.74, 6) is 0.487. The summed E-state index contributed by atoms with van der Waals surface area (Å²) in [7, 11) is 1.72. The van der Waals surface area contributed by atoms with Crippen LogP contribution in [0.3, 0.4) is 0 Å². The minimum Gasteiger partial charge on any atom is -0.350 e. The van der Waals surface area contributed by atoms with Gasteiger partial charge >= 0.3 is 0 Å². The molecule has 0 aliphatic rings. The molecular weight excluding hydrogens is 438 g/mol. The average molecular weight is 462 g/mol. The van der Waals surface area contributed by atoms with Crippen LogP contribution in [0.2, 0.25) is 0 Å². The SMILES string of the molecule is CCc1cnc(CNC(=NC)NC(C)c2ccc(C)c(F)c2)s1.I. The molecule has 0 amide bonds. The van der Waals surface area contributed by atoms with Crippen LogP contribution in [0, 0.1) is 12.7 Å². The Labute approximate surface area is 164 Å². The fourth-order valence-corrected chi connectivity index (χ4v) is 2.92. The fraction of sp³-hybridized carbons (Fsp3) is 0.412. The Bertz CT molecular complexity index is 687.